The molecule has 3 heterocycles. The maximum absolute atomic E-state index is 13.0. The summed E-state index contributed by atoms with van der Waals surface area (Å²) in [5.74, 6) is 0.480. The molecule has 9 nitrogen and oxygen atoms in total. The second kappa shape index (κ2) is 12.6. The number of nitrogens with one attached hydrogen (secondary N) is 1. The van der Waals surface area contributed by atoms with E-state index in [1.54, 1.807) is 17.0 Å². The van der Waals surface area contributed by atoms with E-state index in [1.807, 2.05) is 48.5 Å². The summed E-state index contributed by atoms with van der Waals surface area (Å²) in [6, 6.07) is 20.6. The Balaban J connectivity index is 1.05. The number of nitrogen functional groups attached to an aromatic ring is 1. The lowest BCUT2D eigenvalue weighted by atomic mass is 10.0. The van der Waals surface area contributed by atoms with Crippen LogP contribution in [0, 0.1) is 11.3 Å². The predicted molar refractivity (Wildman–Crippen MR) is 152 cm³/mol. The number of nitrogens with two attached hydrogens (primary N) is 1. The first-order valence-corrected chi connectivity index (χ1v) is 13.8. The molecule has 1 aromatic heterocycles. The van der Waals surface area contributed by atoms with Crippen molar-refractivity contribution < 1.29 is 14.3 Å². The van der Waals surface area contributed by atoms with Crippen LogP contribution in [-0.4, -0.2) is 64.9 Å². The average molecular weight is 539 g/mol. The van der Waals surface area contributed by atoms with Crippen molar-refractivity contribution in [3.05, 3.63) is 89.2 Å². The molecule has 2 fully saturated rings. The molecule has 2 amide bonds. The number of likely N-dealkylation sites (tertiary alicyclic amines) is 2. The first kappa shape index (κ1) is 27.2. The summed E-state index contributed by atoms with van der Waals surface area (Å²) in [5, 5.41) is 12.1. The third-order valence-electron chi connectivity index (χ3n) is 7.57. The normalized spacial score (nSPS) is 16.7. The summed E-state index contributed by atoms with van der Waals surface area (Å²) in [5.41, 5.74) is 9.06. The Morgan fingerprint density at radius 3 is 2.27 bits per heavy atom. The van der Waals surface area contributed by atoms with Crippen LogP contribution in [0.25, 0.3) is 0 Å². The molecule has 0 unspecified atom stereocenters. The maximum atomic E-state index is 13.0. The lowest BCUT2D eigenvalue weighted by molar-refractivity contribution is 0.0589. The van der Waals surface area contributed by atoms with Crippen molar-refractivity contribution in [3.63, 3.8) is 0 Å². The molecule has 0 aliphatic carbocycles. The molecular weight excluding hydrogens is 504 g/mol. The number of carbonyl (C=O) groups is 2. The van der Waals surface area contributed by atoms with Crippen LogP contribution in [-0.2, 0) is 6.54 Å². The minimum atomic E-state index is -0.169. The van der Waals surface area contributed by atoms with Crippen molar-refractivity contribution in [1.82, 2.24) is 20.1 Å². The molecule has 0 saturated carbocycles. The Labute approximate surface area is 234 Å². The number of piperidine rings is 2. The number of benzene rings is 2. The molecule has 0 bridgehead atoms. The van der Waals surface area contributed by atoms with Gasteiger partial charge in [-0.05, 0) is 66.9 Å². The molecule has 3 aromatic rings. The number of amides is 2. The van der Waals surface area contributed by atoms with E-state index in [-0.39, 0.29) is 24.0 Å². The fourth-order valence-electron chi connectivity index (χ4n) is 5.18. The number of ether oxygens (including phenoxy) is 1. The lowest BCUT2D eigenvalue weighted by Crippen LogP contribution is -2.44. The Morgan fingerprint density at radius 2 is 1.65 bits per heavy atom. The van der Waals surface area contributed by atoms with Gasteiger partial charge in [0.2, 0.25) is 0 Å². The molecule has 206 valence electrons. The number of hydrogen-bond donors (Lipinski definition) is 2. The monoisotopic (exact) mass is 538 g/mol. The van der Waals surface area contributed by atoms with E-state index in [2.05, 4.69) is 21.3 Å². The molecule has 9 heteroatoms. The summed E-state index contributed by atoms with van der Waals surface area (Å²) < 4.78 is 6.02. The fourth-order valence-corrected chi connectivity index (χ4v) is 5.18. The molecule has 2 aliphatic heterocycles. The summed E-state index contributed by atoms with van der Waals surface area (Å²) in [6.07, 6.45) is 4.74. The van der Waals surface area contributed by atoms with Crippen LogP contribution in [0.1, 0.15) is 57.7 Å². The fraction of sp³-hybridized carbons (Fsp3) is 0.355. The van der Waals surface area contributed by atoms with E-state index < -0.39 is 0 Å². The third kappa shape index (κ3) is 6.96. The van der Waals surface area contributed by atoms with Gasteiger partial charge in [0.15, 0.2) is 0 Å². The second-order valence-corrected chi connectivity index (χ2v) is 10.4. The molecular formula is C31H34N6O3. The van der Waals surface area contributed by atoms with Gasteiger partial charge in [0, 0.05) is 63.5 Å². The van der Waals surface area contributed by atoms with Crippen molar-refractivity contribution >= 4 is 17.5 Å². The van der Waals surface area contributed by atoms with Crippen molar-refractivity contribution in [1.29, 1.82) is 5.26 Å². The standard InChI is InChI=1S/C31H34N6O3/c32-19-22-1-3-23(4-2-22)21-36-15-11-26(12-16-36)35-30(38)24-5-10-29(34-20-24)31(39)37-17-13-28(14-18-37)40-27-8-6-25(33)7-9-27/h1-10,20,26,28H,11-18,21,33H2,(H,35,38). The predicted octanol–water partition coefficient (Wildman–Crippen LogP) is 3.61. The zero-order chi connectivity index (χ0) is 27.9. The highest BCUT2D eigenvalue weighted by Gasteiger charge is 2.26. The lowest BCUT2D eigenvalue weighted by Gasteiger charge is -2.32. The molecule has 40 heavy (non-hydrogen) atoms. The van der Waals surface area contributed by atoms with Crippen molar-refractivity contribution in [2.24, 2.45) is 0 Å². The average Bonchev–Trinajstić information content (AvgIpc) is 3.00. The summed E-state index contributed by atoms with van der Waals surface area (Å²) in [7, 11) is 0. The van der Waals surface area contributed by atoms with Crippen LogP contribution in [0.15, 0.2) is 66.9 Å². The highest BCUT2D eigenvalue weighted by Crippen LogP contribution is 2.21. The van der Waals surface area contributed by atoms with Gasteiger partial charge < -0.3 is 20.7 Å². The Kier molecular flexibility index (Phi) is 8.57. The molecule has 0 radical (unpaired) electrons. The number of carbonyl (C=O) groups excluding carboxylic acids is 2. The summed E-state index contributed by atoms with van der Waals surface area (Å²) in [6.45, 7) is 3.79. The number of rotatable bonds is 7. The van der Waals surface area contributed by atoms with Gasteiger partial charge in [-0.25, -0.2) is 0 Å². The highest BCUT2D eigenvalue weighted by molar-refractivity contribution is 5.96. The first-order valence-electron chi connectivity index (χ1n) is 13.8. The SMILES string of the molecule is N#Cc1ccc(CN2CCC(NC(=O)c3ccc(C(=O)N4CCC(Oc5ccc(N)cc5)CC4)nc3)CC2)cc1. The second-order valence-electron chi connectivity index (χ2n) is 10.4. The number of anilines is 1. The van der Waals surface area contributed by atoms with Gasteiger partial charge in [-0.15, -0.1) is 0 Å². The quantitative estimate of drug-likeness (QED) is 0.440. The molecule has 2 saturated heterocycles. The van der Waals surface area contributed by atoms with Gasteiger partial charge in [0.25, 0.3) is 11.8 Å². The topological polar surface area (TPSA) is 125 Å². The third-order valence-corrected chi connectivity index (χ3v) is 7.57. The molecule has 0 atom stereocenters. The first-order chi connectivity index (χ1) is 19.5. The van der Waals surface area contributed by atoms with E-state index in [4.69, 9.17) is 15.7 Å². The van der Waals surface area contributed by atoms with Crippen LogP contribution < -0.4 is 15.8 Å². The number of nitriles is 1. The van der Waals surface area contributed by atoms with Gasteiger partial charge in [-0.2, -0.15) is 5.26 Å². The molecule has 3 N–H and O–H groups in total. The number of pyridine rings is 1. The molecule has 0 spiro atoms. The Bertz CT molecular complexity index is 1340. The minimum Gasteiger partial charge on any atom is -0.490 e. The zero-order valence-electron chi connectivity index (χ0n) is 22.5. The van der Waals surface area contributed by atoms with Crippen LogP contribution >= 0.6 is 0 Å². The van der Waals surface area contributed by atoms with E-state index in [0.717, 1.165) is 51.1 Å². The molecule has 2 aliphatic rings. The highest BCUT2D eigenvalue weighted by atomic mass is 16.5. The van der Waals surface area contributed by atoms with Gasteiger partial charge in [-0.3, -0.25) is 19.5 Å². The van der Waals surface area contributed by atoms with Gasteiger partial charge >= 0.3 is 0 Å². The Morgan fingerprint density at radius 1 is 0.950 bits per heavy atom. The van der Waals surface area contributed by atoms with Crippen molar-refractivity contribution in [2.75, 3.05) is 31.9 Å². The van der Waals surface area contributed by atoms with Gasteiger partial charge in [0.1, 0.15) is 17.5 Å². The van der Waals surface area contributed by atoms with E-state index in [9.17, 15) is 9.59 Å². The smallest absolute Gasteiger partial charge is 0.272 e. The van der Waals surface area contributed by atoms with E-state index in [1.165, 1.54) is 11.8 Å². The van der Waals surface area contributed by atoms with Gasteiger partial charge in [0.05, 0.1) is 17.2 Å². The Hall–Kier alpha value is -4.42. The van der Waals surface area contributed by atoms with Crippen LogP contribution in [0.3, 0.4) is 0 Å². The van der Waals surface area contributed by atoms with Crippen LogP contribution in [0.2, 0.25) is 0 Å². The van der Waals surface area contributed by atoms with Crippen molar-refractivity contribution in [2.45, 2.75) is 44.4 Å². The van der Waals surface area contributed by atoms with E-state index in [0.29, 0.717) is 35.6 Å². The number of hydrogen-bond acceptors (Lipinski definition) is 7. The van der Waals surface area contributed by atoms with Crippen molar-refractivity contribution in [3.8, 4) is 11.8 Å². The van der Waals surface area contributed by atoms with Gasteiger partial charge in [-0.1, -0.05) is 12.1 Å². The van der Waals surface area contributed by atoms with Crippen LogP contribution in [0.5, 0.6) is 5.75 Å². The molecule has 2 aromatic carbocycles. The minimum absolute atomic E-state index is 0.0505. The summed E-state index contributed by atoms with van der Waals surface area (Å²) in [4.78, 5) is 34.3. The maximum Gasteiger partial charge on any atom is 0.272 e. The van der Waals surface area contributed by atoms with E-state index >= 15 is 0 Å². The number of nitrogens with zero attached hydrogens (tertiary/aromatic N) is 4. The number of aromatic nitrogens is 1. The largest absolute Gasteiger partial charge is 0.490 e. The summed E-state index contributed by atoms with van der Waals surface area (Å²) >= 11 is 0. The zero-order valence-corrected chi connectivity index (χ0v) is 22.5. The molecule has 5 rings (SSSR count). The van der Waals surface area contributed by atoms with Crippen LogP contribution in [0.4, 0.5) is 5.69 Å².